The fraction of sp³-hybridized carbons (Fsp3) is 0.375. The summed E-state index contributed by atoms with van der Waals surface area (Å²) in [4.78, 5) is 28.3. The number of carbonyl (C=O) groups is 1. The normalized spacial score (nSPS) is 11.5. The lowest BCUT2D eigenvalue weighted by molar-refractivity contribution is -0.280. The number of aryl methyl sites for hydroxylation is 2. The summed E-state index contributed by atoms with van der Waals surface area (Å²) in [5.74, 6) is 0.312. The molecule has 0 bridgehead atoms. The predicted octanol–water partition coefficient (Wildman–Crippen LogP) is 17.3. The molecule has 0 fully saturated rings. The third-order valence-electron chi connectivity index (χ3n) is 15.6. The molecule has 0 saturated heterocycles. The summed E-state index contributed by atoms with van der Waals surface area (Å²) in [7, 11) is 10.9. The number of hydrogen-bond acceptors (Lipinski definition) is 16. The Morgan fingerprint density at radius 1 is 0.553 bits per heavy atom. The summed E-state index contributed by atoms with van der Waals surface area (Å²) < 4.78 is 56.6. The van der Waals surface area contributed by atoms with E-state index in [1.54, 1.807) is 49.6 Å². The van der Waals surface area contributed by atoms with Crippen LogP contribution >= 0.6 is 0 Å². The van der Waals surface area contributed by atoms with E-state index in [0.29, 0.717) is 57.8 Å². The van der Waals surface area contributed by atoms with Crippen LogP contribution in [0.25, 0.3) is 61.3 Å². The van der Waals surface area contributed by atoms with Crippen molar-refractivity contribution in [2.75, 3.05) is 58.8 Å². The Bertz CT molecular complexity index is 4070. The first-order valence-corrected chi connectivity index (χ1v) is 32.1. The van der Waals surface area contributed by atoms with Gasteiger partial charge < -0.3 is 33.9 Å². The van der Waals surface area contributed by atoms with Crippen LogP contribution in [0, 0.1) is 13.8 Å². The Labute approximate surface area is 547 Å². The number of esters is 1. The Hall–Kier alpha value is -9.86. The van der Waals surface area contributed by atoms with Crippen LogP contribution in [0.3, 0.4) is 0 Å². The number of methoxy groups -OCH3 is 2. The van der Waals surface area contributed by atoms with Gasteiger partial charge in [-0.2, -0.15) is 0 Å². The lowest BCUT2D eigenvalue weighted by Crippen LogP contribution is -2.13. The average Bonchev–Trinajstić information content (AvgIpc) is 1.64. The van der Waals surface area contributed by atoms with E-state index in [1.807, 2.05) is 137 Å². The molecule has 0 unspecified atom stereocenters. The molecule has 0 amide bonds. The molecule has 19 nitrogen and oxygen atoms in total. The van der Waals surface area contributed by atoms with Gasteiger partial charge in [-0.3, -0.25) is 0 Å². The van der Waals surface area contributed by atoms with Crippen LogP contribution in [-0.2, 0) is 14.2 Å². The van der Waals surface area contributed by atoms with Crippen molar-refractivity contribution in [1.29, 1.82) is 0 Å². The van der Waals surface area contributed by atoms with E-state index in [1.165, 1.54) is 118 Å². The summed E-state index contributed by atoms with van der Waals surface area (Å²) in [6.45, 7) is 6.80. The number of alkyl halides is 3. The lowest BCUT2D eigenvalue weighted by atomic mass is 10.0. The number of benzene rings is 7. The molecule has 94 heavy (non-hydrogen) atoms. The standard InChI is InChI=1S/C32H45F3N4O2.C22H23N5O.C18H18N4O3/c1-2-3-4-5-6-7-8-9-10-11-12-13-14-15-16-19-24-40-27-22-23-30(36-26-41-32(33,34)35)31(25-27)39-37-28-20-17-18-21-29(28)38-39;1-25(2)17-13-18-22(20(14-17)26(3)4)24-27(23-18)19-11-10-16(12-21(19)28)15-8-6-5-7-9-15;1-11-7-12(2)17(19-10-24-3)16(8-11)22-20-14-6-5-13(18(23)25-4)9-15(14)21-22/h17-18,20-23,25-26H,2-16,19,24H2,1H3;5-14,28H,1-4H3;5-10H,1-4H3. The number of nitrogens with zero attached hydrogens (tertiary/aromatic N) is 13. The summed E-state index contributed by atoms with van der Waals surface area (Å²) >= 11 is 0. The molecule has 0 aliphatic carbocycles. The molecule has 7 aromatic carbocycles. The molecule has 3 aromatic heterocycles. The van der Waals surface area contributed by atoms with Crippen molar-refractivity contribution in [3.05, 3.63) is 150 Å². The van der Waals surface area contributed by atoms with Gasteiger partial charge >= 0.3 is 12.3 Å². The highest BCUT2D eigenvalue weighted by Crippen LogP contribution is 2.34. The van der Waals surface area contributed by atoms with Gasteiger partial charge in [-0.05, 0) is 115 Å². The number of carbonyl (C=O) groups excluding carboxylic acids is 1. The van der Waals surface area contributed by atoms with Crippen molar-refractivity contribution in [2.24, 2.45) is 9.98 Å². The van der Waals surface area contributed by atoms with Crippen LogP contribution in [0.4, 0.5) is 35.9 Å². The maximum atomic E-state index is 12.4. The van der Waals surface area contributed by atoms with Gasteiger partial charge in [0.2, 0.25) is 0 Å². The highest BCUT2D eigenvalue weighted by atomic mass is 19.4. The van der Waals surface area contributed by atoms with Gasteiger partial charge in [-0.25, -0.2) is 14.8 Å². The quantitative estimate of drug-likeness (QED) is 0.0201. The fourth-order valence-electron chi connectivity index (χ4n) is 10.6. The maximum absolute atomic E-state index is 12.4. The van der Waals surface area contributed by atoms with Gasteiger partial charge in [0.05, 0.1) is 43.5 Å². The van der Waals surface area contributed by atoms with Crippen molar-refractivity contribution in [1.82, 2.24) is 45.0 Å². The molecular formula is C72H86F3N13O6. The SMILES string of the molecule is CCCCCCCCCCCCCCCCCCOc1ccc(N=COC(F)(F)F)c(-n2nc3ccccc3n2)c1.CN(C)c1cc(N(C)C)c2nn(-c3ccc(-c4ccccc4)cc3O)nc2c1.COC=Nc1c(C)cc(C)cc1-n1nc2ccc(C(=O)OC)cc2n1. The molecule has 0 radical (unpaired) electrons. The summed E-state index contributed by atoms with van der Waals surface area (Å²) in [5, 5.41) is 37.8. The number of aromatic nitrogens is 9. The third-order valence-corrected chi connectivity index (χ3v) is 15.6. The van der Waals surface area contributed by atoms with Crippen molar-refractivity contribution < 1.29 is 42.0 Å². The predicted molar refractivity (Wildman–Crippen MR) is 369 cm³/mol. The van der Waals surface area contributed by atoms with E-state index in [0.717, 1.165) is 68.9 Å². The van der Waals surface area contributed by atoms with Gasteiger partial charge in [0, 0.05) is 39.9 Å². The van der Waals surface area contributed by atoms with Crippen molar-refractivity contribution in [3.8, 4) is 39.7 Å². The van der Waals surface area contributed by atoms with Gasteiger partial charge in [-0.1, -0.05) is 158 Å². The summed E-state index contributed by atoms with van der Waals surface area (Å²) in [5.41, 5.74) is 13.3. The van der Waals surface area contributed by atoms with E-state index in [-0.39, 0.29) is 11.4 Å². The maximum Gasteiger partial charge on any atom is 0.573 e. The lowest BCUT2D eigenvalue weighted by Gasteiger charge is -2.17. The van der Waals surface area contributed by atoms with Gasteiger partial charge in [-0.15, -0.1) is 58.2 Å². The number of unbranched alkanes of at least 4 members (excludes halogenated alkanes) is 15. The second kappa shape index (κ2) is 34.7. The number of hydrogen-bond donors (Lipinski definition) is 1. The van der Waals surface area contributed by atoms with E-state index in [2.05, 4.69) is 58.3 Å². The van der Waals surface area contributed by atoms with Gasteiger partial charge in [0.15, 0.2) is 12.8 Å². The van der Waals surface area contributed by atoms with Crippen LogP contribution in [0.2, 0.25) is 0 Å². The zero-order valence-electron chi connectivity index (χ0n) is 55.3. The number of ether oxygens (including phenoxy) is 4. The molecule has 0 atom stereocenters. The van der Waals surface area contributed by atoms with E-state index < -0.39 is 12.3 Å². The first kappa shape index (κ1) is 70.0. The molecule has 0 aliphatic rings. The first-order valence-electron chi connectivity index (χ1n) is 32.1. The Kier molecular flexibility index (Phi) is 25.8. The number of aromatic hydroxyl groups is 1. The van der Waals surface area contributed by atoms with Crippen molar-refractivity contribution in [2.45, 2.75) is 130 Å². The van der Waals surface area contributed by atoms with Crippen molar-refractivity contribution >= 4 is 74.6 Å². The van der Waals surface area contributed by atoms with Crippen LogP contribution < -0.4 is 14.5 Å². The zero-order chi connectivity index (χ0) is 67.0. The third kappa shape index (κ3) is 20.1. The molecular weight excluding hydrogens is 1200 g/mol. The minimum absolute atomic E-state index is 0.140. The molecule has 3 heterocycles. The molecule has 10 rings (SSSR count). The highest BCUT2D eigenvalue weighted by Gasteiger charge is 2.29. The topological polar surface area (TPSA) is 198 Å². The van der Waals surface area contributed by atoms with Crippen LogP contribution in [0.1, 0.15) is 131 Å². The molecule has 0 saturated carbocycles. The smallest absolute Gasteiger partial charge is 0.506 e. The number of rotatable bonds is 29. The zero-order valence-corrected chi connectivity index (χ0v) is 55.3. The molecule has 0 spiro atoms. The molecule has 0 aliphatic heterocycles. The number of phenolic OH excluding ortho intramolecular Hbond substituents is 1. The largest absolute Gasteiger partial charge is 0.573 e. The highest BCUT2D eigenvalue weighted by molar-refractivity contribution is 5.94. The van der Waals surface area contributed by atoms with E-state index >= 15 is 0 Å². The van der Waals surface area contributed by atoms with Crippen LogP contribution in [-0.4, -0.2) is 124 Å². The summed E-state index contributed by atoms with van der Waals surface area (Å²) in [6.07, 6.45) is 17.9. The number of aliphatic imine (C=N–C) groups is 2. The second-order valence-electron chi connectivity index (χ2n) is 23.4. The Morgan fingerprint density at radius 3 is 1.73 bits per heavy atom. The van der Waals surface area contributed by atoms with Crippen LogP contribution in [0.5, 0.6) is 11.5 Å². The first-order chi connectivity index (χ1) is 45.4. The number of anilines is 2. The summed E-state index contributed by atoms with van der Waals surface area (Å²) in [6, 6.07) is 40.9. The van der Waals surface area contributed by atoms with Crippen molar-refractivity contribution in [3.63, 3.8) is 0 Å². The molecule has 10 aromatic rings. The minimum atomic E-state index is -4.81. The Balaban J connectivity index is 0.000000188. The number of phenols is 1. The molecule has 496 valence electrons. The Morgan fingerprint density at radius 2 is 1.14 bits per heavy atom. The van der Waals surface area contributed by atoms with Gasteiger partial charge in [0.1, 0.15) is 61.7 Å². The number of fused-ring (bicyclic) bond motifs is 3. The molecule has 22 heteroatoms. The van der Waals surface area contributed by atoms with E-state index in [4.69, 9.17) is 14.2 Å². The van der Waals surface area contributed by atoms with E-state index in [9.17, 15) is 23.1 Å². The average molecular weight is 1290 g/mol. The van der Waals surface area contributed by atoms with Crippen LogP contribution in [0.15, 0.2) is 143 Å². The molecule has 1 N–H and O–H groups in total. The monoisotopic (exact) mass is 1290 g/mol. The second-order valence-corrected chi connectivity index (χ2v) is 23.4. The van der Waals surface area contributed by atoms with Gasteiger partial charge in [0.25, 0.3) is 0 Å². The number of halogens is 3. The fourth-order valence-corrected chi connectivity index (χ4v) is 10.6. The minimum Gasteiger partial charge on any atom is -0.506 e.